The summed E-state index contributed by atoms with van der Waals surface area (Å²) < 4.78 is 40.7. The lowest BCUT2D eigenvalue weighted by molar-refractivity contribution is -0.140. The van der Waals surface area contributed by atoms with Crippen LogP contribution in [0.5, 0.6) is 0 Å². The predicted molar refractivity (Wildman–Crippen MR) is 90.9 cm³/mol. The Morgan fingerprint density at radius 1 is 1.48 bits per heavy atom. The van der Waals surface area contributed by atoms with Gasteiger partial charge in [0.1, 0.15) is 11.9 Å². The average Bonchev–Trinajstić information content (AvgIpc) is 2.67. The Bertz CT molecular complexity index is 690. The molecule has 1 saturated heterocycles. The number of halogens is 2. The van der Waals surface area contributed by atoms with Crippen LogP contribution in [0.1, 0.15) is 27.0 Å². The molecule has 3 atom stereocenters. The molecule has 0 saturated carbocycles. The average molecular weight is 377 g/mol. The van der Waals surface area contributed by atoms with Gasteiger partial charge >= 0.3 is 11.6 Å². The van der Waals surface area contributed by atoms with Gasteiger partial charge in [-0.25, -0.2) is 4.79 Å². The van der Waals surface area contributed by atoms with Gasteiger partial charge in [-0.15, -0.1) is 0 Å². The van der Waals surface area contributed by atoms with Crippen molar-refractivity contribution in [2.75, 3.05) is 12.3 Å². The van der Waals surface area contributed by atoms with E-state index >= 15 is 0 Å². The molecule has 0 aliphatic carbocycles. The Morgan fingerprint density at radius 2 is 2.08 bits per heavy atom. The first kappa shape index (κ1) is 20.0. The Kier molecular flexibility index (Phi) is 5.12. The van der Waals surface area contributed by atoms with E-state index in [1.165, 1.54) is 6.07 Å². The summed E-state index contributed by atoms with van der Waals surface area (Å²) in [6.45, 7) is 9.81. The predicted octanol–water partition coefficient (Wildman–Crippen LogP) is 1.74. The van der Waals surface area contributed by atoms with Gasteiger partial charge in [-0.3, -0.25) is 4.57 Å². The van der Waals surface area contributed by atoms with Crippen LogP contribution in [0.15, 0.2) is 17.1 Å². The first-order chi connectivity index (χ1) is 11.3. The van der Waals surface area contributed by atoms with Crippen molar-refractivity contribution in [3.63, 3.8) is 0 Å². The lowest BCUT2D eigenvalue weighted by Gasteiger charge is -2.37. The minimum absolute atomic E-state index is 0.0825. The van der Waals surface area contributed by atoms with E-state index in [9.17, 15) is 18.7 Å². The van der Waals surface area contributed by atoms with Crippen LogP contribution < -0.4 is 11.4 Å². The number of aliphatic hydroxyl groups excluding tert-OH is 1. The Labute approximate surface area is 145 Å². The summed E-state index contributed by atoms with van der Waals surface area (Å²) in [7, 11) is -2.20. The van der Waals surface area contributed by atoms with Gasteiger partial charge in [0.05, 0.1) is 6.61 Å². The molecule has 0 amide bonds. The molecule has 1 aromatic heterocycles. The molecule has 2 unspecified atom stereocenters. The minimum Gasteiger partial charge on any atom is -0.414 e. The second-order valence-corrected chi connectivity index (χ2v) is 12.6. The van der Waals surface area contributed by atoms with Crippen LogP contribution in [0.25, 0.3) is 0 Å². The van der Waals surface area contributed by atoms with Gasteiger partial charge in [0.15, 0.2) is 14.4 Å². The Hall–Kier alpha value is -1.36. The number of alkyl halides is 2. The normalized spacial score (nSPS) is 26.8. The summed E-state index contributed by atoms with van der Waals surface area (Å²) in [5, 5.41) is 9.88. The van der Waals surface area contributed by atoms with E-state index in [0.717, 1.165) is 6.20 Å². The standard InChI is InChI=1S/C15H25F2N3O4Si/c1-14(2,3)25(4,5)23-8-9-11(21)15(16,17)12(24-9)20-7-6-10(18)19-13(20)22/h6-7,9,11-12,21H,8H2,1-5H3,(H2,18,19,22)/t9?,11-,12?/m0/s1. The van der Waals surface area contributed by atoms with Gasteiger partial charge < -0.3 is 20.0 Å². The fourth-order valence-electron chi connectivity index (χ4n) is 2.22. The molecule has 142 valence electrons. The lowest BCUT2D eigenvalue weighted by Crippen LogP contribution is -2.45. The van der Waals surface area contributed by atoms with Crippen molar-refractivity contribution in [2.45, 2.75) is 63.3 Å². The number of aromatic nitrogens is 2. The zero-order valence-electron chi connectivity index (χ0n) is 15.0. The molecule has 10 heteroatoms. The molecule has 3 N–H and O–H groups in total. The highest BCUT2D eigenvalue weighted by Crippen LogP contribution is 2.43. The number of hydrogen-bond acceptors (Lipinski definition) is 6. The maximum absolute atomic E-state index is 14.4. The minimum atomic E-state index is -3.66. The molecule has 1 fully saturated rings. The number of hydrogen-bond donors (Lipinski definition) is 2. The van der Waals surface area contributed by atoms with E-state index in [4.69, 9.17) is 14.9 Å². The molecule has 0 spiro atoms. The molecule has 25 heavy (non-hydrogen) atoms. The van der Waals surface area contributed by atoms with Crippen molar-refractivity contribution in [2.24, 2.45) is 0 Å². The smallest absolute Gasteiger partial charge is 0.351 e. The topological polar surface area (TPSA) is 99.6 Å². The van der Waals surface area contributed by atoms with Crippen LogP contribution in [0.3, 0.4) is 0 Å². The van der Waals surface area contributed by atoms with Gasteiger partial charge in [-0.05, 0) is 24.2 Å². The third-order valence-electron chi connectivity index (χ3n) is 4.90. The Balaban J connectivity index is 2.21. The fraction of sp³-hybridized carbons (Fsp3) is 0.733. The molecular weight excluding hydrogens is 352 g/mol. The van der Waals surface area contributed by atoms with Gasteiger partial charge in [0.25, 0.3) is 0 Å². The molecule has 2 rings (SSSR count). The Morgan fingerprint density at radius 3 is 2.60 bits per heavy atom. The number of nitrogens with two attached hydrogens (primary N) is 1. The van der Waals surface area contributed by atoms with E-state index in [0.29, 0.717) is 4.57 Å². The van der Waals surface area contributed by atoms with E-state index in [-0.39, 0.29) is 17.5 Å². The third-order valence-corrected chi connectivity index (χ3v) is 9.40. The van der Waals surface area contributed by atoms with Crippen molar-refractivity contribution in [3.05, 3.63) is 22.7 Å². The quantitative estimate of drug-likeness (QED) is 0.776. The van der Waals surface area contributed by atoms with Crippen LogP contribution in [0, 0.1) is 0 Å². The molecule has 1 aliphatic rings. The maximum Gasteiger partial charge on any atom is 0.351 e. The number of anilines is 1. The summed E-state index contributed by atoms with van der Waals surface area (Å²) in [6.07, 6.45) is -4.23. The molecule has 0 aromatic carbocycles. The lowest BCUT2D eigenvalue weighted by atomic mass is 10.1. The van der Waals surface area contributed by atoms with Gasteiger partial charge in [0, 0.05) is 6.20 Å². The van der Waals surface area contributed by atoms with Crippen LogP contribution in [0.4, 0.5) is 14.6 Å². The van der Waals surface area contributed by atoms with Crippen LogP contribution in [-0.2, 0) is 9.16 Å². The van der Waals surface area contributed by atoms with Crippen molar-refractivity contribution >= 4 is 14.1 Å². The van der Waals surface area contributed by atoms with Crippen LogP contribution in [-0.4, -0.2) is 47.7 Å². The first-order valence-corrected chi connectivity index (χ1v) is 10.9. The largest absolute Gasteiger partial charge is 0.414 e. The number of ether oxygens (including phenoxy) is 1. The van der Waals surface area contributed by atoms with Crippen LogP contribution in [0.2, 0.25) is 18.1 Å². The van der Waals surface area contributed by atoms with E-state index in [2.05, 4.69) is 4.98 Å². The monoisotopic (exact) mass is 377 g/mol. The number of rotatable bonds is 4. The number of aliphatic hydroxyl groups is 1. The highest BCUT2D eigenvalue weighted by atomic mass is 28.4. The fourth-order valence-corrected chi connectivity index (χ4v) is 3.23. The molecule has 1 aliphatic heterocycles. The van der Waals surface area contributed by atoms with E-state index in [1.54, 1.807) is 0 Å². The van der Waals surface area contributed by atoms with Gasteiger partial charge in [-0.2, -0.15) is 13.8 Å². The third kappa shape index (κ3) is 3.76. The van der Waals surface area contributed by atoms with E-state index < -0.39 is 38.4 Å². The van der Waals surface area contributed by atoms with Crippen molar-refractivity contribution in [1.82, 2.24) is 9.55 Å². The van der Waals surface area contributed by atoms with E-state index in [1.807, 2.05) is 33.9 Å². The first-order valence-electron chi connectivity index (χ1n) is 7.97. The molecule has 1 aromatic rings. The maximum atomic E-state index is 14.4. The zero-order valence-corrected chi connectivity index (χ0v) is 16.0. The highest BCUT2D eigenvalue weighted by Gasteiger charge is 2.60. The van der Waals surface area contributed by atoms with Crippen molar-refractivity contribution in [1.29, 1.82) is 0 Å². The summed E-state index contributed by atoms with van der Waals surface area (Å²) >= 11 is 0. The van der Waals surface area contributed by atoms with Gasteiger partial charge in [0.2, 0.25) is 6.23 Å². The van der Waals surface area contributed by atoms with Crippen LogP contribution >= 0.6 is 0 Å². The summed E-state index contributed by atoms with van der Waals surface area (Å²) in [4.78, 5) is 15.2. The highest BCUT2D eigenvalue weighted by molar-refractivity contribution is 6.74. The SMILES string of the molecule is CC(C)(C)[Si](C)(C)OCC1OC(n2ccc(N)nc2=O)C(F)(F)[C@H]1O. The molecule has 0 radical (unpaired) electrons. The second kappa shape index (κ2) is 6.42. The number of nitrogens with zero attached hydrogens (tertiary/aromatic N) is 2. The number of nitrogen functional groups attached to an aromatic ring is 1. The zero-order chi connectivity index (χ0) is 19.2. The van der Waals surface area contributed by atoms with Crippen molar-refractivity contribution < 1.29 is 23.1 Å². The van der Waals surface area contributed by atoms with Crippen molar-refractivity contribution in [3.8, 4) is 0 Å². The summed E-state index contributed by atoms with van der Waals surface area (Å²) in [6, 6.07) is 1.21. The summed E-state index contributed by atoms with van der Waals surface area (Å²) in [5.41, 5.74) is 4.40. The molecular formula is C15H25F2N3O4Si. The molecule has 7 nitrogen and oxygen atoms in total. The molecule has 2 heterocycles. The molecule has 0 bridgehead atoms. The van der Waals surface area contributed by atoms with Gasteiger partial charge in [-0.1, -0.05) is 20.8 Å². The summed E-state index contributed by atoms with van der Waals surface area (Å²) in [5.74, 6) is -3.75. The second-order valence-electron chi connectivity index (χ2n) is 7.76.